The Morgan fingerprint density at radius 2 is 1.63 bits per heavy atom. The van der Waals surface area contributed by atoms with E-state index in [2.05, 4.69) is 19.2 Å². The summed E-state index contributed by atoms with van der Waals surface area (Å²) in [6, 6.07) is 0.386. The van der Waals surface area contributed by atoms with E-state index in [-0.39, 0.29) is 24.9 Å². The molecule has 5 heteroatoms. The van der Waals surface area contributed by atoms with E-state index < -0.39 is 0 Å². The third-order valence-electron chi connectivity index (χ3n) is 3.43. The van der Waals surface area contributed by atoms with Crippen LogP contribution < -0.4 is 5.32 Å². The summed E-state index contributed by atoms with van der Waals surface area (Å²) in [6.07, 6.45) is 2.90. The third-order valence-corrected chi connectivity index (χ3v) is 3.43. The topological polar surface area (TPSA) is 52.7 Å². The molecule has 0 bridgehead atoms. The molecule has 0 radical (unpaired) electrons. The number of carbonyl (C=O) groups excluding carboxylic acids is 2. The van der Waals surface area contributed by atoms with Crippen LogP contribution in [0.15, 0.2) is 0 Å². The number of hydrogen-bond acceptors (Lipinski definition) is 3. The van der Waals surface area contributed by atoms with Crippen molar-refractivity contribution < 1.29 is 9.59 Å². The fourth-order valence-electron chi connectivity index (χ4n) is 2.22. The van der Waals surface area contributed by atoms with Crippen LogP contribution in [-0.2, 0) is 9.59 Å². The summed E-state index contributed by atoms with van der Waals surface area (Å²) in [4.78, 5) is 27.2. The smallest absolute Gasteiger partial charge is 0.242 e. The highest BCUT2D eigenvalue weighted by molar-refractivity contribution is 5.92. The van der Waals surface area contributed by atoms with Crippen LogP contribution in [0, 0.1) is 0 Å². The first-order valence-electron chi connectivity index (χ1n) is 7.37. The summed E-state index contributed by atoms with van der Waals surface area (Å²) in [6.45, 7) is 9.13. The Labute approximate surface area is 116 Å². The Bertz CT molecular complexity index is 307. The molecule has 0 aromatic carbocycles. The highest BCUT2D eigenvalue weighted by Gasteiger charge is 2.28. The molecule has 0 aliphatic carbocycles. The highest BCUT2D eigenvalue weighted by atomic mass is 16.2. The van der Waals surface area contributed by atoms with Gasteiger partial charge in [0, 0.05) is 19.1 Å². The van der Waals surface area contributed by atoms with Crippen LogP contribution in [0.2, 0.25) is 0 Å². The zero-order valence-electron chi connectivity index (χ0n) is 12.4. The minimum absolute atomic E-state index is 0.0793. The van der Waals surface area contributed by atoms with Gasteiger partial charge in [0.2, 0.25) is 11.8 Å². The maximum absolute atomic E-state index is 12.0. The Morgan fingerprint density at radius 1 is 1.05 bits per heavy atom. The van der Waals surface area contributed by atoms with Crippen molar-refractivity contribution in [1.82, 2.24) is 15.1 Å². The molecular weight excluding hydrogens is 242 g/mol. The first kappa shape index (κ1) is 16.0. The van der Waals surface area contributed by atoms with E-state index in [1.807, 2.05) is 6.92 Å². The maximum Gasteiger partial charge on any atom is 0.242 e. The minimum atomic E-state index is 0.0793. The summed E-state index contributed by atoms with van der Waals surface area (Å²) in [5.41, 5.74) is 0. The second kappa shape index (κ2) is 8.15. The summed E-state index contributed by atoms with van der Waals surface area (Å²) in [5, 5.41) is 3.39. The van der Waals surface area contributed by atoms with Crippen molar-refractivity contribution in [3.05, 3.63) is 0 Å². The number of rotatable bonds is 8. The van der Waals surface area contributed by atoms with Crippen molar-refractivity contribution in [3.63, 3.8) is 0 Å². The molecule has 1 N–H and O–H groups in total. The van der Waals surface area contributed by atoms with Gasteiger partial charge in [-0.15, -0.1) is 0 Å². The van der Waals surface area contributed by atoms with Crippen molar-refractivity contribution >= 4 is 11.8 Å². The van der Waals surface area contributed by atoms with Crippen LogP contribution in [0.1, 0.15) is 40.0 Å². The van der Waals surface area contributed by atoms with Crippen molar-refractivity contribution in [3.8, 4) is 0 Å². The van der Waals surface area contributed by atoms with Gasteiger partial charge >= 0.3 is 0 Å². The van der Waals surface area contributed by atoms with Gasteiger partial charge in [0.25, 0.3) is 0 Å². The lowest BCUT2D eigenvalue weighted by molar-refractivity contribution is -0.150. The first-order valence-corrected chi connectivity index (χ1v) is 7.37. The van der Waals surface area contributed by atoms with Crippen LogP contribution in [0.3, 0.4) is 0 Å². The molecule has 0 spiro atoms. The quantitative estimate of drug-likeness (QED) is 0.710. The number of carbonyl (C=O) groups is 2. The normalized spacial score (nSPS) is 18.1. The van der Waals surface area contributed by atoms with Gasteiger partial charge in [0.05, 0.1) is 13.1 Å². The van der Waals surface area contributed by atoms with Gasteiger partial charge in [-0.25, -0.2) is 0 Å². The van der Waals surface area contributed by atoms with E-state index in [1.54, 1.807) is 9.80 Å². The fourth-order valence-corrected chi connectivity index (χ4v) is 2.22. The molecule has 1 rings (SSSR count). The Morgan fingerprint density at radius 3 is 2.16 bits per heavy atom. The number of hydrogen-bond donors (Lipinski definition) is 1. The molecule has 2 amide bonds. The van der Waals surface area contributed by atoms with Gasteiger partial charge in [0.1, 0.15) is 0 Å². The van der Waals surface area contributed by atoms with Gasteiger partial charge in [-0.2, -0.15) is 0 Å². The predicted octanol–water partition coefficient (Wildman–Crippen LogP) is 0.845. The standard InChI is InChI=1S/C14H27N3O2/c1-4-7-15-12(3)6-9-17-11-13(18)16(8-5-2)10-14(17)19/h12,15H,4-11H2,1-3H3. The van der Waals surface area contributed by atoms with Gasteiger partial charge in [-0.05, 0) is 32.7 Å². The monoisotopic (exact) mass is 269 g/mol. The Kier molecular flexibility index (Phi) is 6.84. The molecule has 1 unspecified atom stereocenters. The average Bonchev–Trinajstić information content (AvgIpc) is 2.38. The number of amides is 2. The van der Waals surface area contributed by atoms with Crippen LogP contribution in [0.4, 0.5) is 0 Å². The lowest BCUT2D eigenvalue weighted by Gasteiger charge is -2.34. The zero-order valence-corrected chi connectivity index (χ0v) is 12.4. The van der Waals surface area contributed by atoms with E-state index in [0.29, 0.717) is 19.1 Å². The van der Waals surface area contributed by atoms with E-state index in [0.717, 1.165) is 25.8 Å². The Hall–Kier alpha value is -1.10. The van der Waals surface area contributed by atoms with Crippen molar-refractivity contribution in [2.45, 2.75) is 46.1 Å². The largest absolute Gasteiger partial charge is 0.332 e. The summed E-state index contributed by atoms with van der Waals surface area (Å²) in [7, 11) is 0. The van der Waals surface area contributed by atoms with Crippen molar-refractivity contribution in [1.29, 1.82) is 0 Å². The van der Waals surface area contributed by atoms with Gasteiger partial charge in [-0.3, -0.25) is 9.59 Å². The lowest BCUT2D eigenvalue weighted by atomic mass is 10.2. The zero-order chi connectivity index (χ0) is 14.3. The van der Waals surface area contributed by atoms with Gasteiger partial charge in [-0.1, -0.05) is 13.8 Å². The number of piperazine rings is 1. The number of nitrogens with zero attached hydrogens (tertiary/aromatic N) is 2. The van der Waals surface area contributed by atoms with Crippen LogP contribution in [-0.4, -0.2) is 60.4 Å². The SMILES string of the molecule is CCCNC(C)CCN1CC(=O)N(CCC)CC1=O. The molecule has 1 atom stereocenters. The second-order valence-corrected chi connectivity index (χ2v) is 5.27. The third kappa shape index (κ3) is 5.19. The average molecular weight is 269 g/mol. The molecule has 1 aliphatic rings. The second-order valence-electron chi connectivity index (χ2n) is 5.27. The molecule has 0 aromatic rings. The maximum atomic E-state index is 12.0. The van der Waals surface area contributed by atoms with E-state index in [1.165, 1.54) is 0 Å². The molecule has 1 fully saturated rings. The van der Waals surface area contributed by atoms with E-state index >= 15 is 0 Å². The molecule has 1 aliphatic heterocycles. The van der Waals surface area contributed by atoms with E-state index in [9.17, 15) is 9.59 Å². The Balaban J connectivity index is 2.35. The lowest BCUT2D eigenvalue weighted by Crippen LogP contribution is -2.54. The summed E-state index contributed by atoms with van der Waals surface area (Å²) >= 11 is 0. The van der Waals surface area contributed by atoms with Gasteiger partial charge in [0.15, 0.2) is 0 Å². The molecule has 110 valence electrons. The predicted molar refractivity (Wildman–Crippen MR) is 75.8 cm³/mol. The molecular formula is C14H27N3O2. The van der Waals surface area contributed by atoms with E-state index in [4.69, 9.17) is 0 Å². The molecule has 5 nitrogen and oxygen atoms in total. The minimum Gasteiger partial charge on any atom is -0.332 e. The number of nitrogens with one attached hydrogen (secondary N) is 1. The molecule has 19 heavy (non-hydrogen) atoms. The van der Waals surface area contributed by atoms with Crippen LogP contribution in [0.5, 0.6) is 0 Å². The molecule has 1 heterocycles. The first-order chi connectivity index (χ1) is 9.08. The highest BCUT2D eigenvalue weighted by Crippen LogP contribution is 2.07. The molecule has 0 aromatic heterocycles. The van der Waals surface area contributed by atoms with Crippen molar-refractivity contribution in [2.24, 2.45) is 0 Å². The summed E-state index contributed by atoms with van der Waals surface area (Å²) < 4.78 is 0. The van der Waals surface area contributed by atoms with Crippen LogP contribution >= 0.6 is 0 Å². The van der Waals surface area contributed by atoms with Crippen LogP contribution in [0.25, 0.3) is 0 Å². The fraction of sp³-hybridized carbons (Fsp3) is 0.857. The molecule has 1 saturated heterocycles. The summed E-state index contributed by atoms with van der Waals surface area (Å²) in [5.74, 6) is 0.159. The molecule has 0 saturated carbocycles. The van der Waals surface area contributed by atoms with Gasteiger partial charge < -0.3 is 15.1 Å². The van der Waals surface area contributed by atoms with Crippen molar-refractivity contribution in [2.75, 3.05) is 32.7 Å².